The molecular weight excluding hydrogens is 540 g/mol. The molecule has 6 aromatic rings. The summed E-state index contributed by atoms with van der Waals surface area (Å²) in [6.07, 6.45) is 1.11. The lowest BCUT2D eigenvalue weighted by Crippen LogP contribution is -2.24. The third kappa shape index (κ3) is 4.52. The maximum atomic E-state index is 15.0. The summed E-state index contributed by atoms with van der Waals surface area (Å²) in [6.45, 7) is 7.24. The maximum Gasteiger partial charge on any atom is 0.266 e. The highest BCUT2D eigenvalue weighted by Gasteiger charge is 2.27. The summed E-state index contributed by atoms with van der Waals surface area (Å²) in [5, 5.41) is 5.23. The number of ether oxygens (including phenoxy) is 1. The van der Waals surface area contributed by atoms with Gasteiger partial charge in [0.05, 0.1) is 28.8 Å². The normalized spacial score (nSPS) is 12.4. The van der Waals surface area contributed by atoms with Crippen molar-refractivity contribution in [3.05, 3.63) is 100 Å². The highest BCUT2D eigenvalue weighted by Crippen LogP contribution is 2.36. The zero-order chi connectivity index (χ0) is 29.7. The molecule has 0 bridgehead atoms. The average molecular weight is 568 g/mol. The van der Waals surface area contributed by atoms with Crippen molar-refractivity contribution in [3.8, 4) is 28.1 Å². The van der Waals surface area contributed by atoms with Crippen LogP contribution in [0.4, 0.5) is 14.6 Å². The first-order valence-electron chi connectivity index (χ1n) is 13.4. The molecule has 4 heterocycles. The van der Waals surface area contributed by atoms with E-state index in [2.05, 4.69) is 9.97 Å². The second kappa shape index (κ2) is 10.3. The van der Waals surface area contributed by atoms with Gasteiger partial charge in [-0.25, -0.2) is 28.4 Å². The van der Waals surface area contributed by atoms with E-state index < -0.39 is 17.7 Å². The van der Waals surface area contributed by atoms with Crippen molar-refractivity contribution < 1.29 is 13.5 Å². The van der Waals surface area contributed by atoms with Gasteiger partial charge in [-0.1, -0.05) is 18.2 Å². The molecule has 11 heteroatoms. The van der Waals surface area contributed by atoms with Gasteiger partial charge in [-0.2, -0.15) is 5.10 Å². The molecule has 4 aromatic heterocycles. The van der Waals surface area contributed by atoms with Crippen LogP contribution in [-0.4, -0.2) is 35.2 Å². The SMILES string of the molecule is Cc1cccc2nc([C@@H](C)n3nc(-c4ccc(OC(C)C)c(F)c4)c4c(N)ncnc43)c(-c3cccc(F)c3)c(=O)n12. The first-order valence-corrected chi connectivity index (χ1v) is 13.4. The highest BCUT2D eigenvalue weighted by atomic mass is 19.1. The molecule has 42 heavy (non-hydrogen) atoms. The molecule has 0 radical (unpaired) electrons. The van der Waals surface area contributed by atoms with Crippen molar-refractivity contribution in [1.82, 2.24) is 29.1 Å². The van der Waals surface area contributed by atoms with Gasteiger partial charge in [0.15, 0.2) is 17.2 Å². The molecule has 0 fully saturated rings. The number of halogens is 2. The number of nitrogens with two attached hydrogens (primary N) is 1. The summed E-state index contributed by atoms with van der Waals surface area (Å²) in [5.41, 5.74) is 9.17. The molecule has 0 amide bonds. The minimum atomic E-state index is -0.680. The summed E-state index contributed by atoms with van der Waals surface area (Å²) < 4.78 is 38.0. The molecule has 0 unspecified atom stereocenters. The van der Waals surface area contributed by atoms with Gasteiger partial charge < -0.3 is 10.5 Å². The molecule has 2 aromatic carbocycles. The number of hydrogen-bond donors (Lipinski definition) is 1. The Morgan fingerprint density at radius 3 is 2.48 bits per heavy atom. The van der Waals surface area contributed by atoms with Gasteiger partial charge in [0.2, 0.25) is 0 Å². The summed E-state index contributed by atoms with van der Waals surface area (Å²) in [6, 6.07) is 15.0. The summed E-state index contributed by atoms with van der Waals surface area (Å²) >= 11 is 0. The maximum absolute atomic E-state index is 15.0. The van der Waals surface area contributed by atoms with Crippen molar-refractivity contribution in [2.75, 3.05) is 5.73 Å². The predicted octanol–water partition coefficient (Wildman–Crippen LogP) is 5.73. The van der Waals surface area contributed by atoms with E-state index in [0.29, 0.717) is 44.9 Å². The standard InChI is InChI=1S/C31H27F2N7O2/c1-16(2)42-23-12-11-20(14-22(23)33)28-26-29(34)35-15-36-30(26)40(38-28)18(4)27-25(19-8-6-9-21(32)13-19)31(41)39-17(3)7-5-10-24(39)37-27/h5-16,18H,1-4H3,(H2,34,35,36)/t18-/m1/s1. The van der Waals surface area contributed by atoms with Gasteiger partial charge in [-0.05, 0) is 75.7 Å². The molecule has 0 spiro atoms. The summed E-state index contributed by atoms with van der Waals surface area (Å²) in [7, 11) is 0. The molecule has 9 nitrogen and oxygen atoms in total. The molecule has 1 atom stereocenters. The minimum Gasteiger partial charge on any atom is -0.488 e. The molecule has 6 rings (SSSR count). The highest BCUT2D eigenvalue weighted by molar-refractivity contribution is 5.98. The van der Waals surface area contributed by atoms with E-state index in [0.717, 1.165) is 0 Å². The topological polar surface area (TPSA) is 113 Å². The van der Waals surface area contributed by atoms with Crippen LogP contribution in [0.1, 0.15) is 38.2 Å². The number of hydrogen-bond acceptors (Lipinski definition) is 7. The number of benzene rings is 2. The Kier molecular flexibility index (Phi) is 6.64. The van der Waals surface area contributed by atoms with Crippen LogP contribution in [0.15, 0.2) is 71.8 Å². The number of anilines is 1. The van der Waals surface area contributed by atoms with Crippen molar-refractivity contribution >= 4 is 22.5 Å². The molecule has 0 saturated heterocycles. The second-order valence-corrected chi connectivity index (χ2v) is 10.3. The van der Waals surface area contributed by atoms with E-state index in [1.54, 1.807) is 41.9 Å². The molecule has 0 aliphatic heterocycles. The Bertz CT molecular complexity index is 2050. The number of pyridine rings is 1. The quantitative estimate of drug-likeness (QED) is 0.273. The molecular formula is C31H27F2N7O2. The van der Waals surface area contributed by atoms with Gasteiger partial charge in [0.25, 0.3) is 5.56 Å². The number of nitrogens with zero attached hydrogens (tertiary/aromatic N) is 6. The van der Waals surface area contributed by atoms with Crippen LogP contribution in [-0.2, 0) is 0 Å². The largest absolute Gasteiger partial charge is 0.488 e. The van der Waals surface area contributed by atoms with E-state index in [1.165, 1.54) is 35.0 Å². The average Bonchev–Trinajstić information content (AvgIpc) is 3.34. The van der Waals surface area contributed by atoms with E-state index in [1.807, 2.05) is 26.8 Å². The molecule has 0 aliphatic carbocycles. The van der Waals surface area contributed by atoms with Crippen molar-refractivity contribution in [2.45, 2.75) is 39.8 Å². The monoisotopic (exact) mass is 567 g/mol. The fourth-order valence-electron chi connectivity index (χ4n) is 5.15. The third-order valence-corrected chi connectivity index (χ3v) is 7.03. The van der Waals surface area contributed by atoms with E-state index in [9.17, 15) is 9.18 Å². The lowest BCUT2D eigenvalue weighted by molar-refractivity contribution is 0.231. The first kappa shape index (κ1) is 27.0. The van der Waals surface area contributed by atoms with Crippen LogP contribution >= 0.6 is 0 Å². The third-order valence-electron chi connectivity index (χ3n) is 7.03. The Balaban J connectivity index is 1.60. The Hall–Kier alpha value is -5.19. The number of rotatable bonds is 6. The number of nitrogen functional groups attached to an aromatic ring is 1. The van der Waals surface area contributed by atoms with Crippen LogP contribution in [0.2, 0.25) is 0 Å². The first-order chi connectivity index (χ1) is 20.1. The predicted molar refractivity (Wildman–Crippen MR) is 156 cm³/mol. The number of aryl methyl sites for hydroxylation is 1. The summed E-state index contributed by atoms with van der Waals surface area (Å²) in [4.78, 5) is 27.4. The van der Waals surface area contributed by atoms with Gasteiger partial charge in [-0.15, -0.1) is 0 Å². The van der Waals surface area contributed by atoms with Gasteiger partial charge in [0.1, 0.15) is 29.3 Å². The molecule has 0 aliphatic rings. The van der Waals surface area contributed by atoms with Gasteiger partial charge in [-0.3, -0.25) is 9.20 Å². The molecule has 212 valence electrons. The van der Waals surface area contributed by atoms with E-state index in [4.69, 9.17) is 20.6 Å². The zero-order valence-electron chi connectivity index (χ0n) is 23.3. The second-order valence-electron chi connectivity index (χ2n) is 10.3. The minimum absolute atomic E-state index is 0.117. The number of fused-ring (bicyclic) bond motifs is 2. The zero-order valence-corrected chi connectivity index (χ0v) is 23.3. The smallest absolute Gasteiger partial charge is 0.266 e. The Morgan fingerprint density at radius 2 is 1.74 bits per heavy atom. The van der Waals surface area contributed by atoms with E-state index in [-0.39, 0.29) is 28.8 Å². The fourth-order valence-corrected chi connectivity index (χ4v) is 5.15. The van der Waals surface area contributed by atoms with Gasteiger partial charge >= 0.3 is 0 Å². The Labute approximate surface area is 239 Å². The van der Waals surface area contributed by atoms with Crippen molar-refractivity contribution in [3.63, 3.8) is 0 Å². The van der Waals surface area contributed by atoms with Crippen molar-refractivity contribution in [1.29, 1.82) is 0 Å². The van der Waals surface area contributed by atoms with Crippen LogP contribution in [0.25, 0.3) is 39.1 Å². The van der Waals surface area contributed by atoms with Crippen LogP contribution < -0.4 is 16.0 Å². The van der Waals surface area contributed by atoms with E-state index >= 15 is 4.39 Å². The van der Waals surface area contributed by atoms with Crippen LogP contribution in [0, 0.1) is 18.6 Å². The lowest BCUT2D eigenvalue weighted by atomic mass is 10.0. The number of aromatic nitrogens is 6. The molecule has 0 saturated carbocycles. The Morgan fingerprint density at radius 1 is 0.952 bits per heavy atom. The van der Waals surface area contributed by atoms with Crippen LogP contribution in [0.3, 0.4) is 0 Å². The lowest BCUT2D eigenvalue weighted by Gasteiger charge is -2.18. The van der Waals surface area contributed by atoms with Crippen LogP contribution in [0.5, 0.6) is 5.75 Å². The van der Waals surface area contributed by atoms with Crippen molar-refractivity contribution in [2.24, 2.45) is 0 Å². The van der Waals surface area contributed by atoms with Gasteiger partial charge in [0, 0.05) is 11.3 Å². The fraction of sp³-hybridized carbons (Fsp3) is 0.194. The molecule has 2 N–H and O–H groups in total. The summed E-state index contributed by atoms with van der Waals surface area (Å²) in [5.74, 6) is -0.769.